The second-order valence-corrected chi connectivity index (χ2v) is 13.5. The number of nitrogens with one attached hydrogen (secondary N) is 4. The molecule has 2 saturated heterocycles. The minimum absolute atomic E-state index is 0.0172. The van der Waals surface area contributed by atoms with Crippen LogP contribution in [0.15, 0.2) is 72.2 Å². The molecule has 5 N–H and O–H groups in total. The first-order valence-electron chi connectivity index (χ1n) is 16.5. The zero-order valence-electron chi connectivity index (χ0n) is 27.2. The number of hydrogen-bond acceptors (Lipinski definition) is 7. The van der Waals surface area contributed by atoms with E-state index >= 15 is 0 Å². The number of fused-ring (bicyclic) bond motifs is 2. The molecule has 49 heavy (non-hydrogen) atoms. The molecule has 13 heteroatoms. The van der Waals surface area contributed by atoms with E-state index < -0.39 is 47.9 Å². The lowest BCUT2D eigenvalue weighted by atomic mass is 10.0. The molecular formula is C36H40N6O6S. The van der Waals surface area contributed by atoms with Crippen LogP contribution in [0.5, 0.6) is 0 Å². The van der Waals surface area contributed by atoms with Crippen molar-refractivity contribution < 1.29 is 29.1 Å². The third-order valence-electron chi connectivity index (χ3n) is 9.06. The maximum absolute atomic E-state index is 14.3. The van der Waals surface area contributed by atoms with Gasteiger partial charge in [-0.25, -0.2) is 0 Å². The number of carbonyl (C=O) groups is 5. The van der Waals surface area contributed by atoms with Crippen LogP contribution in [0.2, 0.25) is 0 Å². The van der Waals surface area contributed by atoms with Crippen molar-refractivity contribution in [2.75, 3.05) is 26.2 Å². The van der Waals surface area contributed by atoms with Crippen molar-refractivity contribution in [1.82, 2.24) is 30.7 Å². The molecule has 0 spiro atoms. The van der Waals surface area contributed by atoms with Crippen molar-refractivity contribution in [2.45, 2.75) is 56.8 Å². The molecule has 0 unspecified atom stereocenters. The van der Waals surface area contributed by atoms with Crippen molar-refractivity contribution >= 4 is 51.8 Å². The lowest BCUT2D eigenvalue weighted by Gasteiger charge is -2.30. The highest BCUT2D eigenvalue weighted by atomic mass is 32.1. The third kappa shape index (κ3) is 7.84. The molecule has 0 radical (unpaired) electrons. The summed E-state index contributed by atoms with van der Waals surface area (Å²) in [4.78, 5) is 76.0. The van der Waals surface area contributed by atoms with E-state index in [4.69, 9.17) is 0 Å². The molecule has 4 aromatic rings. The summed E-state index contributed by atoms with van der Waals surface area (Å²) >= 11 is 1.46. The zero-order valence-corrected chi connectivity index (χ0v) is 28.0. The Labute approximate surface area is 287 Å². The fraction of sp³-hybridized carbons (Fsp3) is 0.361. The van der Waals surface area contributed by atoms with E-state index in [1.54, 1.807) is 17.6 Å². The fourth-order valence-corrected chi connectivity index (χ4v) is 7.33. The Morgan fingerprint density at radius 1 is 0.959 bits per heavy atom. The molecular weight excluding hydrogens is 644 g/mol. The van der Waals surface area contributed by atoms with Gasteiger partial charge in [-0.05, 0) is 29.7 Å². The normalized spacial score (nSPS) is 22.6. The Hall–Kier alpha value is -5.01. The number of aromatic amines is 1. The Morgan fingerprint density at radius 2 is 1.73 bits per heavy atom. The molecule has 2 aromatic carbocycles. The number of rotatable bonds is 6. The van der Waals surface area contributed by atoms with Gasteiger partial charge in [-0.2, -0.15) is 0 Å². The van der Waals surface area contributed by atoms with E-state index in [1.165, 1.54) is 21.1 Å². The van der Waals surface area contributed by atoms with Gasteiger partial charge >= 0.3 is 0 Å². The van der Waals surface area contributed by atoms with Crippen LogP contribution in [0.3, 0.4) is 0 Å². The van der Waals surface area contributed by atoms with Crippen LogP contribution in [0, 0.1) is 0 Å². The van der Waals surface area contributed by atoms with E-state index in [1.807, 2.05) is 61.5 Å². The Balaban J connectivity index is 1.34. The Morgan fingerprint density at radius 3 is 2.51 bits per heavy atom. The van der Waals surface area contributed by atoms with Crippen molar-refractivity contribution in [3.05, 3.63) is 93.8 Å². The number of para-hydroxylation sites is 1. The molecule has 256 valence electrons. The van der Waals surface area contributed by atoms with Gasteiger partial charge in [-0.1, -0.05) is 55.5 Å². The van der Waals surface area contributed by atoms with E-state index in [0.717, 1.165) is 33.3 Å². The quantitative estimate of drug-likeness (QED) is 0.208. The largest absolute Gasteiger partial charge is 0.391 e. The molecule has 0 bridgehead atoms. The average Bonchev–Trinajstić information content (AvgIpc) is 3.85. The summed E-state index contributed by atoms with van der Waals surface area (Å²) in [5.41, 5.74) is 2.90. The molecule has 6 rings (SSSR count). The number of aromatic nitrogens is 1. The number of aryl methyl sites for hydroxylation is 1. The first-order chi connectivity index (χ1) is 23.7. The first kappa shape index (κ1) is 33.9. The molecule has 2 aliphatic rings. The van der Waals surface area contributed by atoms with Crippen LogP contribution in [0.4, 0.5) is 0 Å². The molecule has 4 heterocycles. The Kier molecular flexibility index (Phi) is 10.4. The minimum Gasteiger partial charge on any atom is -0.391 e. The van der Waals surface area contributed by atoms with Gasteiger partial charge in [0.15, 0.2) is 0 Å². The molecule has 12 nitrogen and oxygen atoms in total. The lowest BCUT2D eigenvalue weighted by Crippen LogP contribution is -2.57. The lowest BCUT2D eigenvalue weighted by molar-refractivity contribution is -0.142. The van der Waals surface area contributed by atoms with Crippen LogP contribution in [0.1, 0.15) is 39.7 Å². The number of hydrogen-bond donors (Lipinski definition) is 5. The van der Waals surface area contributed by atoms with E-state index in [-0.39, 0.29) is 51.3 Å². The monoisotopic (exact) mass is 684 g/mol. The second-order valence-electron chi connectivity index (χ2n) is 12.5. The standard InChI is InChI=1S/C36H40N6O6S/c1-2-26-15-24(21-49-26)35(47)41-13-12-37-33(45)29(14-22-8-4-3-5-9-22)40-34(46)31-17-25(43)19-42(31)36(48)30(39-32(44)20-41)16-23-18-38-28-11-7-6-10-27(23)28/h3-11,15,18,21,25,29-31,38,43H,2,12-14,16-17,19-20H2,1H3,(H,37,45)(H,39,44)(H,40,46)/t25-,29+,30-,31+/m1/s1. The van der Waals surface area contributed by atoms with Gasteiger partial charge in [0, 0.05) is 66.3 Å². The van der Waals surface area contributed by atoms with Crippen molar-refractivity contribution in [2.24, 2.45) is 0 Å². The SMILES string of the molecule is CCc1cc(C(=O)N2CCNC(=O)[C@H](Cc3ccccc3)NC(=O)[C@@H]3C[C@@H](O)CN3C(=O)[C@@H](Cc3c[nH]c4ccccc34)NC(=O)C2)cs1. The first-order valence-corrected chi connectivity index (χ1v) is 17.4. The third-order valence-corrected chi connectivity index (χ3v) is 10.1. The summed E-state index contributed by atoms with van der Waals surface area (Å²) in [5.74, 6) is -2.53. The van der Waals surface area contributed by atoms with Gasteiger partial charge in [0.25, 0.3) is 5.91 Å². The highest BCUT2D eigenvalue weighted by Crippen LogP contribution is 2.24. The number of nitrogens with zero attached hydrogens (tertiary/aromatic N) is 2. The van der Waals surface area contributed by atoms with Gasteiger partial charge in [-0.15, -0.1) is 11.3 Å². The predicted molar refractivity (Wildman–Crippen MR) is 185 cm³/mol. The molecule has 2 aliphatic heterocycles. The molecule has 2 aromatic heterocycles. The number of benzene rings is 2. The van der Waals surface area contributed by atoms with Gasteiger partial charge < -0.3 is 35.8 Å². The van der Waals surface area contributed by atoms with Crippen LogP contribution < -0.4 is 16.0 Å². The highest BCUT2D eigenvalue weighted by molar-refractivity contribution is 7.10. The summed E-state index contributed by atoms with van der Waals surface area (Å²) in [6, 6.07) is 15.5. The molecule has 0 aliphatic carbocycles. The number of carbonyl (C=O) groups excluding carboxylic acids is 5. The maximum atomic E-state index is 14.3. The predicted octanol–water partition coefficient (Wildman–Crippen LogP) is 1.78. The minimum atomic E-state index is -1.11. The van der Waals surface area contributed by atoms with E-state index in [9.17, 15) is 29.1 Å². The number of aliphatic hydroxyl groups is 1. The number of amides is 5. The van der Waals surface area contributed by atoms with Gasteiger partial charge in [0.05, 0.1) is 18.2 Å². The van der Waals surface area contributed by atoms with Crippen LogP contribution in [0.25, 0.3) is 10.9 Å². The number of aliphatic hydroxyl groups excluding tert-OH is 1. The number of thiophene rings is 1. The van der Waals surface area contributed by atoms with Crippen molar-refractivity contribution in [3.8, 4) is 0 Å². The van der Waals surface area contributed by atoms with Crippen LogP contribution >= 0.6 is 11.3 Å². The van der Waals surface area contributed by atoms with Gasteiger partial charge in [0.2, 0.25) is 23.6 Å². The maximum Gasteiger partial charge on any atom is 0.255 e. The fourth-order valence-electron chi connectivity index (χ4n) is 6.52. The second kappa shape index (κ2) is 15.0. The summed E-state index contributed by atoms with van der Waals surface area (Å²) in [7, 11) is 0. The van der Waals surface area contributed by atoms with Crippen LogP contribution in [-0.2, 0) is 38.4 Å². The summed E-state index contributed by atoms with van der Waals surface area (Å²) in [6.07, 6.45) is 1.83. The van der Waals surface area contributed by atoms with E-state index in [2.05, 4.69) is 20.9 Å². The van der Waals surface area contributed by atoms with Crippen LogP contribution in [-0.4, -0.2) is 99.8 Å². The summed E-state index contributed by atoms with van der Waals surface area (Å²) < 4.78 is 0. The zero-order chi connectivity index (χ0) is 34.5. The van der Waals surface area contributed by atoms with Crippen molar-refractivity contribution in [1.29, 1.82) is 0 Å². The molecule has 5 amide bonds. The molecule has 0 saturated carbocycles. The molecule has 2 fully saturated rings. The van der Waals surface area contributed by atoms with E-state index in [0.29, 0.717) is 5.56 Å². The molecule has 4 atom stereocenters. The van der Waals surface area contributed by atoms with Crippen molar-refractivity contribution in [3.63, 3.8) is 0 Å². The van der Waals surface area contributed by atoms with Gasteiger partial charge in [0.1, 0.15) is 18.1 Å². The summed E-state index contributed by atoms with van der Waals surface area (Å²) in [5, 5.41) is 21.8. The topological polar surface area (TPSA) is 164 Å². The highest BCUT2D eigenvalue weighted by Gasteiger charge is 2.43. The van der Waals surface area contributed by atoms with Gasteiger partial charge in [-0.3, -0.25) is 24.0 Å². The summed E-state index contributed by atoms with van der Waals surface area (Å²) in [6.45, 7) is 1.56. The smallest absolute Gasteiger partial charge is 0.255 e. The Bertz CT molecular complexity index is 1840. The number of H-pyrrole nitrogens is 1. The average molecular weight is 685 g/mol.